The Labute approximate surface area is 372 Å². The maximum Gasteiger partial charge on any atom is 0.417 e. The standard InChI is InChI=1S/2C20H22BrF3N2O4S/c2*1-11(2)30-16-9-13(8-14(16)18(27)26-19(10-25)5-6-19)31(28,29)17-4-3-12(21)7-15(17)20(22,23)24/h2*3-4,7,11,13-14,16H,5-6,8-9H2,1-2H3,(H,26,27)/t2*13-,14-,16-/m10/s1. The normalized spacial score (nSPS) is 25.3. The summed E-state index contributed by atoms with van der Waals surface area (Å²) in [6, 6.07) is 9.90. The number of carbonyl (C=O) groups is 2. The Morgan fingerprint density at radius 3 is 1.24 bits per heavy atom. The van der Waals surface area contributed by atoms with Gasteiger partial charge in [0.05, 0.1) is 79.8 Å². The molecule has 0 saturated heterocycles. The van der Waals surface area contributed by atoms with Crippen LogP contribution in [0.5, 0.6) is 0 Å². The molecule has 6 rings (SSSR count). The molecule has 22 heteroatoms. The van der Waals surface area contributed by atoms with Gasteiger partial charge in [-0.2, -0.15) is 36.9 Å². The highest BCUT2D eigenvalue weighted by molar-refractivity contribution is 9.10. The molecule has 12 nitrogen and oxygen atoms in total. The summed E-state index contributed by atoms with van der Waals surface area (Å²) in [4.78, 5) is 24.0. The molecular weight excluding hydrogens is 1000 g/mol. The first kappa shape index (κ1) is 49.7. The molecule has 2 aromatic carbocycles. The molecule has 6 atom stereocenters. The first-order valence-electron chi connectivity index (χ1n) is 19.6. The number of alkyl halides is 6. The summed E-state index contributed by atoms with van der Waals surface area (Å²) in [5.74, 6) is -2.76. The highest BCUT2D eigenvalue weighted by Gasteiger charge is 2.53. The van der Waals surface area contributed by atoms with Gasteiger partial charge in [-0.1, -0.05) is 31.9 Å². The molecule has 4 fully saturated rings. The van der Waals surface area contributed by atoms with Crippen LogP contribution in [0, 0.1) is 34.5 Å². The lowest BCUT2D eigenvalue weighted by Gasteiger charge is -2.22. The van der Waals surface area contributed by atoms with Crippen LogP contribution in [-0.2, 0) is 51.1 Å². The van der Waals surface area contributed by atoms with Crippen LogP contribution in [0.2, 0.25) is 0 Å². The maximum absolute atomic E-state index is 13.5. The van der Waals surface area contributed by atoms with Gasteiger partial charge < -0.3 is 20.1 Å². The summed E-state index contributed by atoms with van der Waals surface area (Å²) < 4.78 is 146. The molecule has 62 heavy (non-hydrogen) atoms. The summed E-state index contributed by atoms with van der Waals surface area (Å²) in [5, 5.41) is 21.3. The van der Waals surface area contributed by atoms with E-state index < -0.39 is 110 Å². The number of halogens is 8. The predicted octanol–water partition coefficient (Wildman–Crippen LogP) is 7.97. The number of carbonyl (C=O) groups excluding carboxylic acids is 2. The van der Waals surface area contributed by atoms with Crippen molar-refractivity contribution in [1.82, 2.24) is 10.6 Å². The largest absolute Gasteiger partial charge is 0.417 e. The number of nitrogens with zero attached hydrogens (tertiary/aromatic N) is 2. The lowest BCUT2D eigenvalue weighted by Crippen LogP contribution is -2.43. The van der Waals surface area contributed by atoms with Crippen molar-refractivity contribution < 1.29 is 62.2 Å². The summed E-state index contributed by atoms with van der Waals surface area (Å²) in [6.07, 6.45) is -10.4. The van der Waals surface area contributed by atoms with E-state index in [0.717, 1.165) is 24.3 Å². The van der Waals surface area contributed by atoms with E-state index in [1.165, 1.54) is 12.1 Å². The van der Waals surface area contributed by atoms with Crippen molar-refractivity contribution in [2.75, 3.05) is 0 Å². The highest BCUT2D eigenvalue weighted by Crippen LogP contribution is 2.45. The van der Waals surface area contributed by atoms with Gasteiger partial charge in [-0.25, -0.2) is 16.8 Å². The van der Waals surface area contributed by atoms with Gasteiger partial charge in [0.25, 0.3) is 0 Å². The number of nitriles is 2. The van der Waals surface area contributed by atoms with Crippen molar-refractivity contribution in [3.8, 4) is 12.1 Å². The van der Waals surface area contributed by atoms with E-state index in [2.05, 4.69) is 42.5 Å². The van der Waals surface area contributed by atoms with Gasteiger partial charge >= 0.3 is 12.4 Å². The lowest BCUT2D eigenvalue weighted by molar-refractivity contribution is -0.140. The van der Waals surface area contributed by atoms with Crippen molar-refractivity contribution in [3.63, 3.8) is 0 Å². The van der Waals surface area contributed by atoms with Gasteiger partial charge in [0.15, 0.2) is 19.7 Å². The number of hydrogen-bond donors (Lipinski definition) is 2. The predicted molar refractivity (Wildman–Crippen MR) is 217 cm³/mol. The average molecular weight is 1050 g/mol. The lowest BCUT2D eigenvalue weighted by atomic mass is 10.0. The molecule has 2 N–H and O–H groups in total. The van der Waals surface area contributed by atoms with Crippen molar-refractivity contribution in [2.24, 2.45) is 11.8 Å². The van der Waals surface area contributed by atoms with Crippen molar-refractivity contribution >= 4 is 63.3 Å². The van der Waals surface area contributed by atoms with Crippen LogP contribution in [0.3, 0.4) is 0 Å². The molecule has 4 saturated carbocycles. The molecule has 4 aliphatic rings. The molecule has 0 unspecified atom stereocenters. The minimum Gasteiger partial charge on any atom is -0.375 e. The molecule has 0 heterocycles. The van der Waals surface area contributed by atoms with Crippen molar-refractivity contribution in [1.29, 1.82) is 10.5 Å². The zero-order valence-corrected chi connectivity index (χ0v) is 38.5. The molecule has 2 aromatic rings. The van der Waals surface area contributed by atoms with Gasteiger partial charge in [-0.15, -0.1) is 0 Å². The number of nitrogens with one attached hydrogen (secondary N) is 2. The Hall–Kier alpha value is -3.28. The van der Waals surface area contributed by atoms with Crippen LogP contribution < -0.4 is 10.6 Å². The van der Waals surface area contributed by atoms with Crippen LogP contribution in [0.4, 0.5) is 26.3 Å². The highest BCUT2D eigenvalue weighted by atomic mass is 79.9. The SMILES string of the molecule is CC(C)O[C@@H]1C[C@H](S(=O)(=O)c2ccc(Br)cc2C(F)(F)F)C[C@H]1C(=O)NC1(C#N)CC1.CC(C)O[C@H]1C[C@@H](S(=O)(=O)c2ccc(Br)cc2C(F)(F)F)C[C@@H]1C(=O)NC1(C#N)CC1. The van der Waals surface area contributed by atoms with Crippen LogP contribution in [0.1, 0.15) is 90.2 Å². The average Bonchev–Trinajstić information content (AvgIpc) is 4.02. The third-order valence-electron chi connectivity index (χ3n) is 11.1. The van der Waals surface area contributed by atoms with E-state index in [9.17, 15) is 63.3 Å². The number of amides is 2. The van der Waals surface area contributed by atoms with Crippen LogP contribution in [0.25, 0.3) is 0 Å². The quantitative estimate of drug-likeness (QED) is 0.197. The number of rotatable bonds is 12. The zero-order valence-electron chi connectivity index (χ0n) is 33.7. The Morgan fingerprint density at radius 1 is 0.661 bits per heavy atom. The molecule has 0 spiro atoms. The third-order valence-corrected chi connectivity index (χ3v) is 16.6. The molecule has 0 bridgehead atoms. The molecule has 0 aromatic heterocycles. The molecule has 0 aliphatic heterocycles. The Balaban J connectivity index is 0.000000234. The molecular formula is C40H44Br2F6N4O8S2. The second-order valence-electron chi connectivity index (χ2n) is 16.6. The number of benzene rings is 2. The molecule has 4 aliphatic carbocycles. The van der Waals surface area contributed by atoms with Crippen molar-refractivity contribution in [2.45, 2.75) is 147 Å². The number of sulfone groups is 2. The third kappa shape index (κ3) is 11.3. The minimum atomic E-state index is -4.86. The number of hydrogen-bond acceptors (Lipinski definition) is 10. The fraction of sp³-hybridized carbons (Fsp3) is 0.600. The van der Waals surface area contributed by atoms with E-state index in [0.29, 0.717) is 25.7 Å². The Kier molecular flexibility index (Phi) is 14.7. The second kappa shape index (κ2) is 18.3. The van der Waals surface area contributed by atoms with Gasteiger partial charge in [0.1, 0.15) is 11.1 Å². The van der Waals surface area contributed by atoms with E-state index in [1.54, 1.807) is 27.7 Å². The van der Waals surface area contributed by atoms with E-state index in [4.69, 9.17) is 9.47 Å². The molecule has 0 radical (unpaired) electrons. The summed E-state index contributed by atoms with van der Waals surface area (Å²) >= 11 is 5.90. The molecule has 340 valence electrons. The molecule has 2 amide bonds. The summed E-state index contributed by atoms with van der Waals surface area (Å²) in [5.41, 5.74) is -4.38. The fourth-order valence-corrected chi connectivity index (χ4v) is 12.4. The van der Waals surface area contributed by atoms with Crippen LogP contribution in [0.15, 0.2) is 55.1 Å². The first-order chi connectivity index (χ1) is 28.6. The summed E-state index contributed by atoms with van der Waals surface area (Å²) in [7, 11) is -8.81. The Morgan fingerprint density at radius 2 is 0.984 bits per heavy atom. The van der Waals surface area contributed by atoms with E-state index >= 15 is 0 Å². The van der Waals surface area contributed by atoms with E-state index in [1.807, 2.05) is 12.1 Å². The smallest absolute Gasteiger partial charge is 0.375 e. The van der Waals surface area contributed by atoms with Crippen LogP contribution >= 0.6 is 31.9 Å². The van der Waals surface area contributed by atoms with Crippen molar-refractivity contribution in [3.05, 3.63) is 56.5 Å². The van der Waals surface area contributed by atoms with Gasteiger partial charge in [-0.05, 0) is 115 Å². The monoisotopic (exact) mass is 1040 g/mol. The second-order valence-corrected chi connectivity index (χ2v) is 22.8. The zero-order chi connectivity index (χ0) is 46.4. The van der Waals surface area contributed by atoms with Gasteiger partial charge in [0, 0.05) is 8.95 Å². The first-order valence-corrected chi connectivity index (χ1v) is 24.2. The van der Waals surface area contributed by atoms with Gasteiger partial charge in [0.2, 0.25) is 11.8 Å². The summed E-state index contributed by atoms with van der Waals surface area (Å²) in [6.45, 7) is 6.91. The number of ether oxygens (including phenoxy) is 2. The van der Waals surface area contributed by atoms with Gasteiger partial charge in [-0.3, -0.25) is 9.59 Å². The van der Waals surface area contributed by atoms with Crippen LogP contribution in [-0.4, -0.2) is 74.6 Å². The minimum absolute atomic E-state index is 0.106. The Bertz CT molecular complexity index is 2200. The topological polar surface area (TPSA) is 193 Å². The fourth-order valence-electron chi connectivity index (χ4n) is 7.71. The maximum atomic E-state index is 13.5. The van der Waals surface area contributed by atoms with E-state index in [-0.39, 0.29) is 46.8 Å².